The van der Waals surface area contributed by atoms with Crippen LogP contribution in [-0.2, 0) is 30.6 Å². The minimum Gasteiger partial charge on any atom is -0.480 e. The summed E-state index contributed by atoms with van der Waals surface area (Å²) in [6.07, 6.45) is 0.0834. The van der Waals surface area contributed by atoms with E-state index in [2.05, 4.69) is 10.1 Å². The van der Waals surface area contributed by atoms with Gasteiger partial charge in [0, 0.05) is 13.5 Å². The minimum absolute atomic E-state index is 0.0119. The number of carbonyl (C=O) groups excluding carboxylic acids is 1. The van der Waals surface area contributed by atoms with E-state index in [4.69, 9.17) is 5.11 Å². The Labute approximate surface area is 129 Å². The van der Waals surface area contributed by atoms with Crippen molar-refractivity contribution in [3.05, 3.63) is 35.9 Å². The number of nitrogens with one attached hydrogen (secondary N) is 1. The summed E-state index contributed by atoms with van der Waals surface area (Å²) in [7, 11) is -2.26. The largest absolute Gasteiger partial charge is 0.480 e. The molecule has 1 atom stereocenters. The van der Waals surface area contributed by atoms with Crippen LogP contribution >= 0.6 is 0 Å². The van der Waals surface area contributed by atoms with E-state index in [0.717, 1.165) is 5.56 Å². The van der Waals surface area contributed by atoms with Gasteiger partial charge in [0.05, 0.1) is 12.4 Å². The van der Waals surface area contributed by atoms with Gasteiger partial charge in [-0.3, -0.25) is 4.79 Å². The third kappa shape index (κ3) is 6.68. The van der Waals surface area contributed by atoms with E-state index >= 15 is 0 Å². The third-order valence-corrected chi connectivity index (χ3v) is 4.36. The summed E-state index contributed by atoms with van der Waals surface area (Å²) in [6, 6.07) is 7.60. The Kier molecular flexibility index (Phi) is 7.00. The lowest BCUT2D eigenvalue weighted by Gasteiger charge is -2.14. The van der Waals surface area contributed by atoms with Gasteiger partial charge in [0.2, 0.25) is 5.91 Å². The molecule has 0 heterocycles. The smallest absolute Gasteiger partial charge is 0.326 e. The van der Waals surface area contributed by atoms with Crippen molar-refractivity contribution >= 4 is 21.7 Å². The highest BCUT2D eigenvalue weighted by molar-refractivity contribution is 7.92. The summed E-state index contributed by atoms with van der Waals surface area (Å²) in [5.74, 6) is -3.09. The summed E-state index contributed by atoms with van der Waals surface area (Å²) in [4.78, 5) is 22.9. The van der Waals surface area contributed by atoms with Gasteiger partial charge in [0.25, 0.3) is 0 Å². The monoisotopic (exact) mass is 329 g/mol. The molecule has 0 saturated carbocycles. The minimum atomic E-state index is -3.62. The van der Waals surface area contributed by atoms with Gasteiger partial charge in [-0.05, 0) is 5.56 Å². The molecule has 122 valence electrons. The molecule has 1 amide bonds. The lowest BCUT2D eigenvalue weighted by molar-refractivity contribution is -0.141. The number of carboxylic acids is 1. The topological polar surface area (TPSA) is 110 Å². The lowest BCUT2D eigenvalue weighted by atomic mass is 10.1. The fourth-order valence-electron chi connectivity index (χ4n) is 1.77. The fraction of sp³-hybridized carbons (Fsp3) is 0.429. The number of hydrogen-bond donors (Lipinski definition) is 2. The zero-order valence-electron chi connectivity index (χ0n) is 12.2. The summed E-state index contributed by atoms with van der Waals surface area (Å²) >= 11 is 0. The van der Waals surface area contributed by atoms with Crippen molar-refractivity contribution in [3.8, 4) is 0 Å². The molecule has 0 aliphatic rings. The van der Waals surface area contributed by atoms with Crippen LogP contribution in [0.15, 0.2) is 30.3 Å². The van der Waals surface area contributed by atoms with Crippen LogP contribution in [0.3, 0.4) is 0 Å². The Bertz CT molecular complexity index is 599. The Hall–Kier alpha value is -1.93. The predicted molar refractivity (Wildman–Crippen MR) is 80.2 cm³/mol. The molecular formula is C14H19NO6S. The molecule has 0 unspecified atom stereocenters. The summed E-state index contributed by atoms with van der Waals surface area (Å²) in [6.45, 7) is -0.0119. The molecule has 0 spiro atoms. The van der Waals surface area contributed by atoms with E-state index in [0.29, 0.717) is 0 Å². The SMILES string of the molecule is COCCS(=O)(=O)CC(=O)N[C@H](Cc1ccccc1)C(=O)O. The number of hydrogen-bond acceptors (Lipinski definition) is 5. The first-order chi connectivity index (χ1) is 10.3. The predicted octanol–water partition coefficient (Wildman–Crippen LogP) is -0.140. The average Bonchev–Trinajstić information content (AvgIpc) is 2.45. The van der Waals surface area contributed by atoms with Gasteiger partial charge in [-0.2, -0.15) is 0 Å². The fourth-order valence-corrected chi connectivity index (χ4v) is 2.82. The number of ether oxygens (including phenoxy) is 1. The molecule has 0 saturated heterocycles. The molecule has 1 aromatic rings. The van der Waals surface area contributed by atoms with E-state index in [-0.39, 0.29) is 18.8 Å². The number of carbonyl (C=O) groups is 2. The zero-order valence-corrected chi connectivity index (χ0v) is 13.0. The van der Waals surface area contributed by atoms with Crippen molar-refractivity contribution in [1.29, 1.82) is 0 Å². The van der Waals surface area contributed by atoms with Gasteiger partial charge in [-0.25, -0.2) is 13.2 Å². The molecule has 0 aliphatic heterocycles. The molecule has 0 aliphatic carbocycles. The molecule has 0 bridgehead atoms. The maximum atomic E-state index is 11.7. The molecule has 0 radical (unpaired) electrons. The Morgan fingerprint density at radius 3 is 2.45 bits per heavy atom. The van der Waals surface area contributed by atoms with Gasteiger partial charge in [-0.15, -0.1) is 0 Å². The van der Waals surface area contributed by atoms with Crippen molar-refractivity contribution in [2.45, 2.75) is 12.5 Å². The van der Waals surface area contributed by atoms with Crippen molar-refractivity contribution < 1.29 is 27.9 Å². The van der Waals surface area contributed by atoms with E-state index in [9.17, 15) is 18.0 Å². The van der Waals surface area contributed by atoms with E-state index in [1.807, 2.05) is 0 Å². The maximum absolute atomic E-state index is 11.7. The van der Waals surface area contributed by atoms with Crippen molar-refractivity contribution in [3.63, 3.8) is 0 Å². The first-order valence-corrected chi connectivity index (χ1v) is 8.41. The lowest BCUT2D eigenvalue weighted by Crippen LogP contribution is -2.45. The molecular weight excluding hydrogens is 310 g/mol. The summed E-state index contributed by atoms with van der Waals surface area (Å²) < 4.78 is 27.9. The second kappa shape index (κ2) is 8.50. The molecule has 7 nitrogen and oxygen atoms in total. The van der Waals surface area contributed by atoms with Crippen molar-refractivity contribution in [2.24, 2.45) is 0 Å². The van der Waals surface area contributed by atoms with Crippen molar-refractivity contribution in [1.82, 2.24) is 5.32 Å². The standard InChI is InChI=1S/C14H19NO6S/c1-21-7-8-22(19,20)10-13(16)15-12(14(17)18)9-11-5-3-2-4-6-11/h2-6,12H,7-10H2,1H3,(H,15,16)(H,17,18)/t12-/m1/s1. The normalized spacial score (nSPS) is 12.6. The molecule has 22 heavy (non-hydrogen) atoms. The van der Waals surface area contributed by atoms with Crippen LogP contribution in [0.25, 0.3) is 0 Å². The summed E-state index contributed by atoms with van der Waals surface area (Å²) in [5, 5.41) is 11.4. The molecule has 8 heteroatoms. The highest BCUT2D eigenvalue weighted by Crippen LogP contribution is 2.04. The Morgan fingerprint density at radius 2 is 1.91 bits per heavy atom. The number of rotatable bonds is 9. The number of aliphatic carboxylic acids is 1. The van der Waals surface area contributed by atoms with Crippen LogP contribution < -0.4 is 5.32 Å². The number of methoxy groups -OCH3 is 1. The Morgan fingerprint density at radius 1 is 1.27 bits per heavy atom. The van der Waals surface area contributed by atoms with Crippen LogP contribution in [0.4, 0.5) is 0 Å². The molecule has 0 aromatic heterocycles. The highest BCUT2D eigenvalue weighted by Gasteiger charge is 2.23. The number of sulfone groups is 1. The van der Waals surface area contributed by atoms with Crippen LogP contribution in [0, 0.1) is 0 Å². The van der Waals surface area contributed by atoms with E-state index in [1.54, 1.807) is 30.3 Å². The van der Waals surface area contributed by atoms with Gasteiger partial charge in [0.15, 0.2) is 9.84 Å². The maximum Gasteiger partial charge on any atom is 0.326 e. The zero-order chi connectivity index (χ0) is 16.6. The second-order valence-electron chi connectivity index (χ2n) is 4.73. The second-order valence-corrected chi connectivity index (χ2v) is 6.92. The molecule has 1 rings (SSSR count). The van der Waals surface area contributed by atoms with Crippen LogP contribution in [-0.4, -0.2) is 56.7 Å². The van der Waals surface area contributed by atoms with Crippen molar-refractivity contribution in [2.75, 3.05) is 25.2 Å². The van der Waals surface area contributed by atoms with Gasteiger partial charge in [0.1, 0.15) is 11.8 Å². The van der Waals surface area contributed by atoms with E-state index in [1.165, 1.54) is 7.11 Å². The van der Waals surface area contributed by atoms with E-state index < -0.39 is 33.5 Å². The van der Waals surface area contributed by atoms with Gasteiger partial charge >= 0.3 is 5.97 Å². The summed E-state index contributed by atoms with van der Waals surface area (Å²) in [5.41, 5.74) is 0.734. The number of carboxylic acid groups (broad SMARTS) is 1. The van der Waals surface area contributed by atoms with Crippen LogP contribution in [0.1, 0.15) is 5.56 Å². The molecule has 0 fully saturated rings. The van der Waals surface area contributed by atoms with Crippen LogP contribution in [0.5, 0.6) is 0 Å². The van der Waals surface area contributed by atoms with Gasteiger partial charge < -0.3 is 15.2 Å². The molecule has 1 aromatic carbocycles. The quantitative estimate of drug-likeness (QED) is 0.652. The number of amides is 1. The Balaban J connectivity index is 2.63. The average molecular weight is 329 g/mol. The molecule has 2 N–H and O–H groups in total. The first-order valence-electron chi connectivity index (χ1n) is 6.59. The number of benzene rings is 1. The van der Waals surface area contributed by atoms with Crippen LogP contribution in [0.2, 0.25) is 0 Å². The van der Waals surface area contributed by atoms with Gasteiger partial charge in [-0.1, -0.05) is 30.3 Å². The highest BCUT2D eigenvalue weighted by atomic mass is 32.2. The first kappa shape index (κ1) is 18.1. The third-order valence-electron chi connectivity index (χ3n) is 2.87.